The van der Waals surface area contributed by atoms with E-state index in [1.165, 1.54) is 25.7 Å². The number of ether oxygens (including phenoxy) is 1. The van der Waals surface area contributed by atoms with Crippen LogP contribution in [-0.4, -0.2) is 11.6 Å². The lowest BCUT2D eigenvalue weighted by atomic mass is 9.91. The Balaban J connectivity index is 2.37. The van der Waals surface area contributed by atoms with E-state index < -0.39 is 0 Å². The number of hydrogen-bond donors (Lipinski definition) is 0. The highest BCUT2D eigenvalue weighted by Gasteiger charge is 2.29. The first-order valence-corrected chi connectivity index (χ1v) is 6.14. The van der Waals surface area contributed by atoms with E-state index in [-0.39, 0.29) is 11.6 Å². The molecule has 1 rings (SSSR count). The van der Waals surface area contributed by atoms with E-state index in [9.17, 15) is 4.79 Å². The van der Waals surface area contributed by atoms with Gasteiger partial charge in [-0.3, -0.25) is 4.79 Å². The third-order valence-corrected chi connectivity index (χ3v) is 3.19. The van der Waals surface area contributed by atoms with E-state index in [1.54, 1.807) is 0 Å². The van der Waals surface area contributed by atoms with Gasteiger partial charge in [0, 0.05) is 6.42 Å². The van der Waals surface area contributed by atoms with Crippen molar-refractivity contribution in [2.45, 2.75) is 65.4 Å². The third-order valence-electron chi connectivity index (χ3n) is 3.19. The lowest BCUT2D eigenvalue weighted by molar-refractivity contribution is -0.156. The van der Waals surface area contributed by atoms with Crippen LogP contribution in [0.15, 0.2) is 0 Å². The first-order chi connectivity index (χ1) is 6.92. The molecule has 2 heteroatoms. The molecule has 2 atom stereocenters. The van der Waals surface area contributed by atoms with Crippen LogP contribution in [0.5, 0.6) is 0 Å². The summed E-state index contributed by atoms with van der Waals surface area (Å²) in [6.45, 7) is 8.00. The van der Waals surface area contributed by atoms with E-state index in [0.717, 1.165) is 5.92 Å². The third kappa shape index (κ3) is 4.23. The lowest BCUT2D eigenvalue weighted by Gasteiger charge is -2.22. The molecule has 1 fully saturated rings. The van der Waals surface area contributed by atoms with Crippen molar-refractivity contribution in [2.75, 3.05) is 0 Å². The molecule has 0 radical (unpaired) electrons. The summed E-state index contributed by atoms with van der Waals surface area (Å²) < 4.78 is 5.35. The normalized spacial score (nSPS) is 26.7. The molecule has 1 saturated carbocycles. The van der Waals surface area contributed by atoms with Gasteiger partial charge in [-0.15, -0.1) is 0 Å². The van der Waals surface area contributed by atoms with Crippen LogP contribution in [0.25, 0.3) is 0 Å². The van der Waals surface area contributed by atoms with Crippen LogP contribution in [0.3, 0.4) is 0 Å². The first-order valence-electron chi connectivity index (χ1n) is 6.14. The zero-order valence-electron chi connectivity index (χ0n) is 10.5. The second kappa shape index (κ2) is 5.00. The van der Waals surface area contributed by atoms with Crippen molar-refractivity contribution in [3.05, 3.63) is 0 Å². The maximum atomic E-state index is 11.7. The molecule has 88 valence electrons. The fraction of sp³-hybridized carbons (Fsp3) is 0.923. The predicted molar refractivity (Wildman–Crippen MR) is 61.6 cm³/mol. The van der Waals surface area contributed by atoms with Gasteiger partial charge in [-0.25, -0.2) is 0 Å². The summed E-state index contributed by atoms with van der Waals surface area (Å²) in [6, 6.07) is 0. The standard InChI is InChI=1S/C13H24O2/c1-5-10-7-6-8-11(10)9-12(14)15-13(2,3)4/h10-11H,5-9H2,1-4H3. The molecule has 15 heavy (non-hydrogen) atoms. The molecule has 2 unspecified atom stereocenters. The maximum Gasteiger partial charge on any atom is 0.306 e. The highest BCUT2D eigenvalue weighted by atomic mass is 16.6. The molecule has 0 aliphatic heterocycles. The first kappa shape index (κ1) is 12.5. The zero-order chi connectivity index (χ0) is 11.5. The largest absolute Gasteiger partial charge is 0.460 e. The number of hydrogen-bond acceptors (Lipinski definition) is 2. The Morgan fingerprint density at radius 1 is 1.27 bits per heavy atom. The average molecular weight is 212 g/mol. The van der Waals surface area contributed by atoms with Crippen LogP contribution < -0.4 is 0 Å². The van der Waals surface area contributed by atoms with Crippen molar-refractivity contribution in [3.8, 4) is 0 Å². The molecule has 0 heterocycles. The van der Waals surface area contributed by atoms with E-state index in [0.29, 0.717) is 12.3 Å². The quantitative estimate of drug-likeness (QED) is 0.669. The Morgan fingerprint density at radius 2 is 1.87 bits per heavy atom. The fourth-order valence-electron chi connectivity index (χ4n) is 2.52. The number of carbonyl (C=O) groups is 1. The monoisotopic (exact) mass is 212 g/mol. The van der Waals surface area contributed by atoms with Gasteiger partial charge in [0.05, 0.1) is 0 Å². The summed E-state index contributed by atoms with van der Waals surface area (Å²) >= 11 is 0. The summed E-state index contributed by atoms with van der Waals surface area (Å²) in [7, 11) is 0. The Morgan fingerprint density at radius 3 is 2.40 bits per heavy atom. The van der Waals surface area contributed by atoms with Gasteiger partial charge in [-0.1, -0.05) is 26.2 Å². The highest BCUT2D eigenvalue weighted by molar-refractivity contribution is 5.70. The van der Waals surface area contributed by atoms with Crippen LogP contribution >= 0.6 is 0 Å². The van der Waals surface area contributed by atoms with Gasteiger partial charge in [-0.2, -0.15) is 0 Å². The lowest BCUT2D eigenvalue weighted by Crippen LogP contribution is -2.25. The van der Waals surface area contributed by atoms with Gasteiger partial charge in [0.15, 0.2) is 0 Å². The maximum absolute atomic E-state index is 11.7. The molecule has 0 saturated heterocycles. The molecule has 0 spiro atoms. The van der Waals surface area contributed by atoms with Gasteiger partial charge in [-0.05, 0) is 39.0 Å². The average Bonchev–Trinajstić information content (AvgIpc) is 2.48. The van der Waals surface area contributed by atoms with Crippen LogP contribution in [0.4, 0.5) is 0 Å². The van der Waals surface area contributed by atoms with Crippen molar-refractivity contribution in [3.63, 3.8) is 0 Å². The van der Waals surface area contributed by atoms with Crippen molar-refractivity contribution >= 4 is 5.97 Å². The Hall–Kier alpha value is -0.530. The van der Waals surface area contributed by atoms with Gasteiger partial charge in [0.25, 0.3) is 0 Å². The van der Waals surface area contributed by atoms with Gasteiger partial charge >= 0.3 is 5.97 Å². The van der Waals surface area contributed by atoms with Crippen molar-refractivity contribution in [2.24, 2.45) is 11.8 Å². The van der Waals surface area contributed by atoms with Gasteiger partial charge in [0.1, 0.15) is 5.60 Å². The summed E-state index contributed by atoms with van der Waals surface area (Å²) in [5.74, 6) is 1.30. The van der Waals surface area contributed by atoms with Crippen LogP contribution in [0.2, 0.25) is 0 Å². The highest BCUT2D eigenvalue weighted by Crippen LogP contribution is 2.36. The summed E-state index contributed by atoms with van der Waals surface area (Å²) in [6.07, 6.45) is 5.61. The summed E-state index contributed by atoms with van der Waals surface area (Å²) in [5.41, 5.74) is -0.336. The van der Waals surface area contributed by atoms with Crippen molar-refractivity contribution in [1.29, 1.82) is 0 Å². The molecule has 0 aromatic heterocycles. The minimum atomic E-state index is -0.336. The van der Waals surface area contributed by atoms with Crippen molar-refractivity contribution in [1.82, 2.24) is 0 Å². The van der Waals surface area contributed by atoms with Crippen LogP contribution in [-0.2, 0) is 9.53 Å². The Labute approximate surface area is 93.4 Å². The predicted octanol–water partition coefficient (Wildman–Crippen LogP) is 3.54. The summed E-state index contributed by atoms with van der Waals surface area (Å²) in [4.78, 5) is 11.7. The molecule has 0 aromatic carbocycles. The SMILES string of the molecule is CCC1CCCC1CC(=O)OC(C)(C)C. The van der Waals surface area contributed by atoms with Gasteiger partial charge < -0.3 is 4.74 Å². The Bertz CT molecular complexity index is 215. The fourth-order valence-corrected chi connectivity index (χ4v) is 2.52. The molecule has 0 amide bonds. The number of carbonyl (C=O) groups excluding carboxylic acids is 1. The van der Waals surface area contributed by atoms with Crippen LogP contribution in [0.1, 0.15) is 59.8 Å². The Kier molecular flexibility index (Phi) is 4.18. The molecule has 0 bridgehead atoms. The minimum Gasteiger partial charge on any atom is -0.460 e. The van der Waals surface area contributed by atoms with E-state index in [4.69, 9.17) is 4.74 Å². The topological polar surface area (TPSA) is 26.3 Å². The van der Waals surface area contributed by atoms with Crippen LogP contribution in [0, 0.1) is 11.8 Å². The molecule has 0 aromatic rings. The zero-order valence-corrected chi connectivity index (χ0v) is 10.5. The second-order valence-electron chi connectivity index (χ2n) is 5.65. The summed E-state index contributed by atoms with van der Waals surface area (Å²) in [5, 5.41) is 0. The minimum absolute atomic E-state index is 0.0205. The second-order valence-corrected chi connectivity index (χ2v) is 5.65. The van der Waals surface area contributed by atoms with Crippen molar-refractivity contribution < 1.29 is 9.53 Å². The molecule has 1 aliphatic rings. The van der Waals surface area contributed by atoms with Gasteiger partial charge in [0.2, 0.25) is 0 Å². The van der Waals surface area contributed by atoms with E-state index >= 15 is 0 Å². The smallest absolute Gasteiger partial charge is 0.306 e. The van der Waals surface area contributed by atoms with E-state index in [2.05, 4.69) is 6.92 Å². The molecule has 0 N–H and O–H groups in total. The number of rotatable bonds is 3. The molecular formula is C13H24O2. The van der Waals surface area contributed by atoms with E-state index in [1.807, 2.05) is 20.8 Å². The molecule has 2 nitrogen and oxygen atoms in total. The number of esters is 1. The molecule has 1 aliphatic carbocycles. The molecular weight excluding hydrogens is 188 g/mol.